The molecule has 1 heterocycles. The number of benzene rings is 2. The zero-order chi connectivity index (χ0) is 23.7. The number of rotatable bonds is 7. The number of halogens is 3. The topological polar surface area (TPSA) is 68.4 Å². The molecule has 1 atom stereocenters. The van der Waals surface area contributed by atoms with Crippen LogP contribution in [0.4, 0.5) is 18.0 Å². The number of nitrogens with zero attached hydrogens (tertiary/aromatic N) is 1. The van der Waals surface area contributed by atoms with Crippen LogP contribution in [0.2, 0.25) is 0 Å². The SMILES string of the molecule is C[C@H](O)CNC(=O)N(C)CC1CC(Cc2c(-c3ccc(F)cc3)[nH]c3c(F)cc(F)cc23)C1. The van der Waals surface area contributed by atoms with Crippen molar-refractivity contribution in [2.75, 3.05) is 20.1 Å². The maximum Gasteiger partial charge on any atom is 0.317 e. The van der Waals surface area contributed by atoms with E-state index < -0.39 is 17.7 Å². The lowest BCUT2D eigenvalue weighted by molar-refractivity contribution is 0.138. The minimum Gasteiger partial charge on any atom is -0.392 e. The molecule has 1 aromatic heterocycles. The zero-order valence-electron chi connectivity index (χ0n) is 18.7. The van der Waals surface area contributed by atoms with Crippen molar-refractivity contribution in [2.45, 2.75) is 32.3 Å². The third-order valence-corrected chi connectivity index (χ3v) is 6.32. The van der Waals surface area contributed by atoms with Crippen LogP contribution in [0.25, 0.3) is 22.2 Å². The first-order valence-electron chi connectivity index (χ1n) is 11.1. The van der Waals surface area contributed by atoms with Crippen LogP contribution in [-0.2, 0) is 6.42 Å². The van der Waals surface area contributed by atoms with Gasteiger partial charge in [-0.1, -0.05) is 0 Å². The molecule has 0 radical (unpaired) electrons. The summed E-state index contributed by atoms with van der Waals surface area (Å²) < 4.78 is 41.9. The molecule has 176 valence electrons. The number of aromatic nitrogens is 1. The van der Waals surface area contributed by atoms with Crippen molar-refractivity contribution in [2.24, 2.45) is 11.8 Å². The van der Waals surface area contributed by atoms with E-state index in [4.69, 9.17) is 0 Å². The van der Waals surface area contributed by atoms with Gasteiger partial charge in [0.15, 0.2) is 0 Å². The lowest BCUT2D eigenvalue weighted by Crippen LogP contribution is -2.44. The Hall–Kier alpha value is -3.00. The van der Waals surface area contributed by atoms with Crippen molar-refractivity contribution in [3.05, 3.63) is 59.4 Å². The molecule has 0 bridgehead atoms. The first-order chi connectivity index (χ1) is 15.7. The van der Waals surface area contributed by atoms with Crippen LogP contribution in [0.5, 0.6) is 0 Å². The van der Waals surface area contributed by atoms with Gasteiger partial charge in [0.25, 0.3) is 0 Å². The van der Waals surface area contributed by atoms with E-state index in [1.165, 1.54) is 18.2 Å². The molecule has 2 aromatic carbocycles. The molecule has 8 heteroatoms. The van der Waals surface area contributed by atoms with Gasteiger partial charge in [-0.2, -0.15) is 0 Å². The molecule has 5 nitrogen and oxygen atoms in total. The number of carbonyl (C=O) groups is 1. The van der Waals surface area contributed by atoms with Crippen molar-refractivity contribution in [1.29, 1.82) is 0 Å². The summed E-state index contributed by atoms with van der Waals surface area (Å²) in [5.41, 5.74) is 2.46. The average Bonchev–Trinajstić information content (AvgIpc) is 3.09. The van der Waals surface area contributed by atoms with Crippen LogP contribution in [0.15, 0.2) is 36.4 Å². The maximum atomic E-state index is 14.5. The highest BCUT2D eigenvalue weighted by Gasteiger charge is 2.32. The van der Waals surface area contributed by atoms with Gasteiger partial charge >= 0.3 is 6.03 Å². The molecule has 1 saturated carbocycles. The fourth-order valence-electron chi connectivity index (χ4n) is 4.67. The Labute approximate surface area is 190 Å². The molecule has 1 fully saturated rings. The van der Waals surface area contributed by atoms with Crippen LogP contribution >= 0.6 is 0 Å². The molecule has 3 N–H and O–H groups in total. The molecule has 2 amide bonds. The number of hydrogen-bond donors (Lipinski definition) is 3. The fraction of sp³-hybridized carbons (Fsp3) is 0.400. The highest BCUT2D eigenvalue weighted by Crippen LogP contribution is 2.41. The van der Waals surface area contributed by atoms with E-state index in [0.29, 0.717) is 41.4 Å². The van der Waals surface area contributed by atoms with Gasteiger partial charge in [-0.3, -0.25) is 0 Å². The third kappa shape index (κ3) is 5.16. The van der Waals surface area contributed by atoms with Gasteiger partial charge in [0.2, 0.25) is 0 Å². The number of fused-ring (bicyclic) bond motifs is 1. The van der Waals surface area contributed by atoms with Crippen molar-refractivity contribution < 1.29 is 23.1 Å². The number of nitrogens with one attached hydrogen (secondary N) is 2. The van der Waals surface area contributed by atoms with E-state index in [1.807, 2.05) is 0 Å². The summed E-state index contributed by atoms with van der Waals surface area (Å²) in [5, 5.41) is 12.5. The number of H-pyrrole nitrogens is 1. The molecular weight excluding hydrogens is 431 g/mol. The molecule has 0 aliphatic heterocycles. The summed E-state index contributed by atoms with van der Waals surface area (Å²) in [4.78, 5) is 16.8. The second kappa shape index (κ2) is 9.47. The van der Waals surface area contributed by atoms with Gasteiger partial charge in [-0.15, -0.1) is 0 Å². The van der Waals surface area contributed by atoms with E-state index in [2.05, 4.69) is 10.3 Å². The molecule has 0 saturated heterocycles. The Morgan fingerprint density at radius 1 is 1.15 bits per heavy atom. The lowest BCUT2D eigenvalue weighted by Gasteiger charge is -2.38. The lowest BCUT2D eigenvalue weighted by atomic mass is 9.71. The third-order valence-electron chi connectivity index (χ3n) is 6.32. The van der Waals surface area contributed by atoms with Gasteiger partial charge < -0.3 is 20.3 Å². The van der Waals surface area contributed by atoms with Crippen molar-refractivity contribution in [3.63, 3.8) is 0 Å². The Morgan fingerprint density at radius 2 is 1.85 bits per heavy atom. The summed E-state index contributed by atoms with van der Waals surface area (Å²) in [7, 11) is 1.72. The first-order valence-corrected chi connectivity index (χ1v) is 11.1. The summed E-state index contributed by atoms with van der Waals surface area (Å²) in [6.45, 7) is 2.42. The Morgan fingerprint density at radius 3 is 2.52 bits per heavy atom. The monoisotopic (exact) mass is 459 g/mol. The highest BCUT2D eigenvalue weighted by molar-refractivity contribution is 5.91. The first kappa shape index (κ1) is 23.2. The number of hydrogen-bond acceptors (Lipinski definition) is 2. The summed E-state index contributed by atoms with van der Waals surface area (Å²) in [6.07, 6.45) is 1.81. The highest BCUT2D eigenvalue weighted by atomic mass is 19.1. The van der Waals surface area contributed by atoms with Crippen LogP contribution in [0.3, 0.4) is 0 Å². The summed E-state index contributed by atoms with van der Waals surface area (Å²) >= 11 is 0. The number of aliphatic hydroxyl groups excluding tert-OH is 1. The summed E-state index contributed by atoms with van der Waals surface area (Å²) in [5.74, 6) is -1.01. The molecule has 1 aliphatic rings. The Bertz CT molecular complexity index is 1140. The van der Waals surface area contributed by atoms with E-state index in [-0.39, 0.29) is 23.9 Å². The number of aliphatic hydroxyl groups is 1. The largest absolute Gasteiger partial charge is 0.392 e. The Balaban J connectivity index is 1.48. The van der Waals surface area contributed by atoms with Crippen LogP contribution in [-0.4, -0.2) is 47.3 Å². The molecule has 1 aliphatic carbocycles. The van der Waals surface area contributed by atoms with Crippen LogP contribution < -0.4 is 5.32 Å². The van der Waals surface area contributed by atoms with Crippen molar-refractivity contribution in [3.8, 4) is 11.3 Å². The predicted octanol–water partition coefficient (Wildman–Crippen LogP) is 4.84. The molecular formula is C25H28F3N3O2. The number of aromatic amines is 1. The van der Waals surface area contributed by atoms with E-state index >= 15 is 0 Å². The minimum atomic E-state index is -0.657. The smallest absolute Gasteiger partial charge is 0.317 e. The van der Waals surface area contributed by atoms with Crippen molar-refractivity contribution >= 4 is 16.9 Å². The van der Waals surface area contributed by atoms with Gasteiger partial charge in [-0.25, -0.2) is 18.0 Å². The molecule has 33 heavy (non-hydrogen) atoms. The van der Waals surface area contributed by atoms with E-state index in [0.717, 1.165) is 24.5 Å². The van der Waals surface area contributed by atoms with Gasteiger partial charge in [0.05, 0.1) is 11.6 Å². The van der Waals surface area contributed by atoms with Gasteiger partial charge in [-0.05, 0) is 79.5 Å². The number of urea groups is 1. The summed E-state index contributed by atoms with van der Waals surface area (Å²) in [6, 6.07) is 7.92. The maximum absolute atomic E-state index is 14.5. The number of amides is 2. The minimum absolute atomic E-state index is 0.205. The van der Waals surface area contributed by atoms with Crippen LogP contribution in [0.1, 0.15) is 25.3 Å². The molecule has 0 spiro atoms. The van der Waals surface area contributed by atoms with Crippen molar-refractivity contribution in [1.82, 2.24) is 15.2 Å². The molecule has 0 unspecified atom stereocenters. The Kier molecular flexibility index (Phi) is 6.65. The molecule has 3 aromatic rings. The normalized spacial score (nSPS) is 18.7. The molecule has 4 rings (SSSR count). The van der Waals surface area contributed by atoms with Crippen LogP contribution in [0, 0.1) is 29.3 Å². The van der Waals surface area contributed by atoms with Gasteiger partial charge in [0.1, 0.15) is 17.5 Å². The average molecular weight is 460 g/mol. The second-order valence-electron chi connectivity index (χ2n) is 9.12. The van der Waals surface area contributed by atoms with E-state index in [9.17, 15) is 23.1 Å². The second-order valence-corrected chi connectivity index (χ2v) is 9.12. The fourth-order valence-corrected chi connectivity index (χ4v) is 4.67. The quantitative estimate of drug-likeness (QED) is 0.473. The predicted molar refractivity (Wildman–Crippen MR) is 121 cm³/mol. The van der Waals surface area contributed by atoms with Gasteiger partial charge in [0, 0.05) is 37.3 Å². The number of carbonyl (C=O) groups excluding carboxylic acids is 1. The standard InChI is InChI=1S/C25H28F3N3O2/c1-14(32)12-29-25(33)31(2)13-16-7-15(8-16)9-20-21-10-19(27)11-22(28)24(21)30-23(20)17-3-5-18(26)6-4-17/h3-6,10-11,14-16,30,32H,7-9,12-13H2,1-2H3,(H,29,33)/t14-,15?,16?/m0/s1. The van der Waals surface area contributed by atoms with E-state index in [1.54, 1.807) is 31.0 Å². The zero-order valence-corrected chi connectivity index (χ0v) is 18.7.